The van der Waals surface area contributed by atoms with E-state index >= 15 is 0 Å². The van der Waals surface area contributed by atoms with Gasteiger partial charge in [0.05, 0.1) is 4.90 Å². The van der Waals surface area contributed by atoms with Gasteiger partial charge in [0.25, 0.3) is 0 Å². The molecule has 0 radical (unpaired) electrons. The first-order chi connectivity index (χ1) is 8.49. The summed E-state index contributed by atoms with van der Waals surface area (Å²) in [5.74, 6) is 0. The summed E-state index contributed by atoms with van der Waals surface area (Å²) in [7, 11) is -3.61. The Bertz CT molecular complexity index is 457. The number of sulfonamides is 1. The summed E-state index contributed by atoms with van der Waals surface area (Å²) in [5, 5.41) is 5.06. The average molecular weight is 271 g/mol. The molecule has 102 valence electrons. The largest absolute Gasteiger partial charge is 0.371 e. The monoisotopic (exact) mass is 271 g/mol. The molecule has 0 aliphatic rings. The lowest BCUT2D eigenvalue weighted by Crippen LogP contribution is -2.27. The average Bonchev–Trinajstić information content (AvgIpc) is 2.33. The third-order valence-electron chi connectivity index (χ3n) is 2.66. The number of nitrogens with zero attached hydrogens (tertiary/aromatic N) is 1. The van der Waals surface area contributed by atoms with Gasteiger partial charge in [0.1, 0.15) is 0 Å². The summed E-state index contributed by atoms with van der Waals surface area (Å²) in [6, 6.07) is 6.64. The molecule has 5 nitrogen and oxygen atoms in total. The molecule has 1 aromatic rings. The number of anilines is 1. The third kappa shape index (κ3) is 4.29. The minimum absolute atomic E-state index is 0.140. The summed E-state index contributed by atoms with van der Waals surface area (Å²) in [4.78, 5) is 2.33. The lowest BCUT2D eigenvalue weighted by atomic mass is 10.2. The Morgan fingerprint density at radius 2 is 1.78 bits per heavy atom. The van der Waals surface area contributed by atoms with Gasteiger partial charge in [-0.05, 0) is 43.7 Å². The van der Waals surface area contributed by atoms with Crippen molar-refractivity contribution < 1.29 is 8.42 Å². The van der Waals surface area contributed by atoms with E-state index in [0.717, 1.165) is 31.6 Å². The fraction of sp³-hybridized carbons (Fsp3) is 0.500. The Morgan fingerprint density at radius 1 is 1.17 bits per heavy atom. The molecule has 0 unspecified atom stereocenters. The van der Waals surface area contributed by atoms with Crippen molar-refractivity contribution >= 4 is 15.7 Å². The number of rotatable bonds is 7. The van der Waals surface area contributed by atoms with Crippen LogP contribution >= 0.6 is 0 Å². The third-order valence-corrected chi connectivity index (χ3v) is 3.59. The van der Waals surface area contributed by atoms with E-state index in [1.165, 1.54) is 12.1 Å². The van der Waals surface area contributed by atoms with E-state index in [0.29, 0.717) is 6.54 Å². The maximum absolute atomic E-state index is 11.2. The van der Waals surface area contributed by atoms with E-state index in [1.807, 2.05) is 0 Å². The molecule has 0 spiro atoms. The van der Waals surface area contributed by atoms with Gasteiger partial charge in [0, 0.05) is 18.8 Å². The van der Waals surface area contributed by atoms with Crippen LogP contribution in [0.5, 0.6) is 0 Å². The van der Waals surface area contributed by atoms with Crippen LogP contribution in [0.4, 0.5) is 5.69 Å². The summed E-state index contributed by atoms with van der Waals surface area (Å²) < 4.78 is 22.3. The van der Waals surface area contributed by atoms with E-state index < -0.39 is 10.0 Å². The summed E-state index contributed by atoms with van der Waals surface area (Å²) in [5.41, 5.74) is 6.51. The number of hydrogen-bond donors (Lipinski definition) is 2. The molecule has 0 amide bonds. The smallest absolute Gasteiger partial charge is 0.238 e. The molecule has 0 aliphatic heterocycles. The highest BCUT2D eigenvalue weighted by Crippen LogP contribution is 2.17. The van der Waals surface area contributed by atoms with Crippen molar-refractivity contribution in [2.45, 2.75) is 24.7 Å². The first kappa shape index (κ1) is 14.9. The minimum Gasteiger partial charge on any atom is -0.371 e. The highest BCUT2D eigenvalue weighted by Gasteiger charge is 2.09. The summed E-state index contributed by atoms with van der Waals surface area (Å²) in [6.07, 6.45) is 1.94. The molecule has 0 atom stereocenters. The van der Waals surface area contributed by atoms with Gasteiger partial charge in [-0.25, -0.2) is 13.6 Å². The maximum atomic E-state index is 11.2. The Labute approximate surface area is 109 Å². The molecule has 1 aromatic carbocycles. The fourth-order valence-electron chi connectivity index (χ4n) is 1.77. The van der Waals surface area contributed by atoms with Crippen LogP contribution in [0.15, 0.2) is 29.2 Å². The van der Waals surface area contributed by atoms with Gasteiger partial charge in [-0.3, -0.25) is 0 Å². The van der Waals surface area contributed by atoms with Crippen LogP contribution in [0.3, 0.4) is 0 Å². The molecular formula is C12H21N3O2S. The first-order valence-corrected chi connectivity index (χ1v) is 7.61. The van der Waals surface area contributed by atoms with Crippen LogP contribution in [0.1, 0.15) is 19.8 Å². The zero-order valence-corrected chi connectivity index (χ0v) is 11.5. The van der Waals surface area contributed by atoms with Gasteiger partial charge in [-0.2, -0.15) is 0 Å². The van der Waals surface area contributed by atoms with Crippen LogP contribution < -0.4 is 15.8 Å². The molecular weight excluding hydrogens is 250 g/mol. The SMILES string of the molecule is CCCN(CCCN)c1ccc(S(N)(=O)=O)cc1. The lowest BCUT2D eigenvalue weighted by Gasteiger charge is -2.24. The molecule has 0 saturated heterocycles. The van der Waals surface area contributed by atoms with Crippen molar-refractivity contribution in [3.05, 3.63) is 24.3 Å². The Kier molecular flexibility index (Phi) is 5.58. The van der Waals surface area contributed by atoms with Crippen LogP contribution in [-0.4, -0.2) is 28.1 Å². The summed E-state index contributed by atoms with van der Waals surface area (Å²) in [6.45, 7) is 4.55. The molecule has 0 bridgehead atoms. The number of primary sulfonamides is 1. The molecule has 4 N–H and O–H groups in total. The van der Waals surface area contributed by atoms with Crippen LogP contribution in [0.25, 0.3) is 0 Å². The highest BCUT2D eigenvalue weighted by atomic mass is 32.2. The fourth-order valence-corrected chi connectivity index (χ4v) is 2.28. The molecule has 6 heteroatoms. The Balaban J connectivity index is 2.86. The number of hydrogen-bond acceptors (Lipinski definition) is 4. The predicted octanol–water partition coefficient (Wildman–Crippen LogP) is 0.899. The zero-order chi connectivity index (χ0) is 13.6. The van der Waals surface area contributed by atoms with Crippen LogP contribution in [0, 0.1) is 0 Å². The van der Waals surface area contributed by atoms with E-state index in [1.54, 1.807) is 12.1 Å². The Hall–Kier alpha value is -1.11. The van der Waals surface area contributed by atoms with E-state index in [4.69, 9.17) is 10.9 Å². The van der Waals surface area contributed by atoms with Gasteiger partial charge < -0.3 is 10.6 Å². The molecule has 1 rings (SSSR count). The molecule has 0 saturated carbocycles. The first-order valence-electron chi connectivity index (χ1n) is 6.07. The topological polar surface area (TPSA) is 89.4 Å². The van der Waals surface area contributed by atoms with Crippen molar-refractivity contribution in [2.75, 3.05) is 24.5 Å². The van der Waals surface area contributed by atoms with Crippen LogP contribution in [-0.2, 0) is 10.0 Å². The molecule has 0 aromatic heterocycles. The summed E-state index contributed by atoms with van der Waals surface area (Å²) >= 11 is 0. The van der Waals surface area contributed by atoms with Gasteiger partial charge in [-0.1, -0.05) is 6.92 Å². The van der Waals surface area contributed by atoms with E-state index in [2.05, 4.69) is 11.8 Å². The van der Waals surface area contributed by atoms with Crippen molar-refractivity contribution in [1.29, 1.82) is 0 Å². The van der Waals surface area contributed by atoms with Crippen molar-refractivity contribution in [3.63, 3.8) is 0 Å². The number of nitrogens with two attached hydrogens (primary N) is 2. The van der Waals surface area contributed by atoms with Gasteiger partial charge in [0.15, 0.2) is 0 Å². The second kappa shape index (κ2) is 6.72. The minimum atomic E-state index is -3.61. The predicted molar refractivity (Wildman–Crippen MR) is 74.0 cm³/mol. The molecule has 0 aliphatic carbocycles. The molecule has 0 fully saturated rings. The van der Waals surface area contributed by atoms with E-state index in [9.17, 15) is 8.42 Å². The van der Waals surface area contributed by atoms with Crippen molar-refractivity contribution in [1.82, 2.24) is 0 Å². The quantitative estimate of drug-likeness (QED) is 0.771. The van der Waals surface area contributed by atoms with Crippen LogP contribution in [0.2, 0.25) is 0 Å². The maximum Gasteiger partial charge on any atom is 0.238 e. The van der Waals surface area contributed by atoms with Gasteiger partial charge >= 0.3 is 0 Å². The lowest BCUT2D eigenvalue weighted by molar-refractivity contribution is 0.598. The van der Waals surface area contributed by atoms with E-state index in [-0.39, 0.29) is 4.90 Å². The number of benzene rings is 1. The normalized spacial score (nSPS) is 11.5. The standard InChI is InChI=1S/C12H21N3O2S/c1-2-9-15(10-3-8-13)11-4-6-12(7-5-11)18(14,16)17/h4-7H,2-3,8-10,13H2,1H3,(H2,14,16,17). The highest BCUT2D eigenvalue weighted by molar-refractivity contribution is 7.89. The zero-order valence-electron chi connectivity index (χ0n) is 10.7. The van der Waals surface area contributed by atoms with Crippen molar-refractivity contribution in [2.24, 2.45) is 10.9 Å². The van der Waals surface area contributed by atoms with Gasteiger partial charge in [-0.15, -0.1) is 0 Å². The molecule has 18 heavy (non-hydrogen) atoms. The second-order valence-electron chi connectivity index (χ2n) is 4.17. The van der Waals surface area contributed by atoms with Gasteiger partial charge in [0.2, 0.25) is 10.0 Å². The molecule has 0 heterocycles. The second-order valence-corrected chi connectivity index (χ2v) is 5.73. The van der Waals surface area contributed by atoms with Crippen molar-refractivity contribution in [3.8, 4) is 0 Å². The Morgan fingerprint density at radius 3 is 2.22 bits per heavy atom.